The molecule has 112 valence electrons. The molecule has 1 aromatic carbocycles. The van der Waals surface area contributed by atoms with Crippen LogP contribution in [0.2, 0.25) is 0 Å². The summed E-state index contributed by atoms with van der Waals surface area (Å²) in [5, 5.41) is 12.3. The molecule has 4 nitrogen and oxygen atoms in total. The summed E-state index contributed by atoms with van der Waals surface area (Å²) in [6.07, 6.45) is 2.90. The van der Waals surface area contributed by atoms with E-state index in [0.29, 0.717) is 18.0 Å². The summed E-state index contributed by atoms with van der Waals surface area (Å²) in [5.74, 6) is 0.307. The van der Waals surface area contributed by atoms with Crippen molar-refractivity contribution in [2.24, 2.45) is 5.41 Å². The Morgan fingerprint density at radius 2 is 2.05 bits per heavy atom. The number of carbonyl (C=O) groups excluding carboxylic acids is 1. The fraction of sp³-hybridized carbons (Fsp3) is 0.500. The zero-order valence-electron chi connectivity index (χ0n) is 12.0. The number of nitrogens with one attached hydrogen (secondary N) is 1. The SMILES string of the molecule is Cl.N#Cc1cccc(CN2CCC3(CCNCC3)C2=O)c1. The first-order valence-corrected chi connectivity index (χ1v) is 7.23. The Balaban J connectivity index is 0.00000161. The van der Waals surface area contributed by atoms with Crippen molar-refractivity contribution < 1.29 is 4.79 Å². The molecule has 0 aromatic heterocycles. The largest absolute Gasteiger partial charge is 0.338 e. The standard InChI is InChI=1S/C16H19N3O.ClH/c17-11-13-2-1-3-14(10-13)12-19-9-6-16(15(19)20)4-7-18-8-5-16;/h1-3,10,18H,4-9,12H2;1H. The molecule has 0 aliphatic carbocycles. The van der Waals surface area contributed by atoms with Crippen molar-refractivity contribution in [3.05, 3.63) is 35.4 Å². The van der Waals surface area contributed by atoms with Gasteiger partial charge in [0.05, 0.1) is 17.0 Å². The Kier molecular flexibility index (Phi) is 4.87. The number of halogens is 1. The molecule has 0 atom stereocenters. The van der Waals surface area contributed by atoms with Crippen LogP contribution in [0.4, 0.5) is 0 Å². The molecular formula is C16H20ClN3O. The number of hydrogen-bond acceptors (Lipinski definition) is 3. The van der Waals surface area contributed by atoms with Gasteiger partial charge in [-0.25, -0.2) is 0 Å². The molecule has 1 spiro atoms. The van der Waals surface area contributed by atoms with Crippen LogP contribution in [0.5, 0.6) is 0 Å². The molecule has 21 heavy (non-hydrogen) atoms. The molecule has 2 aliphatic heterocycles. The molecule has 2 saturated heterocycles. The van der Waals surface area contributed by atoms with Crippen LogP contribution in [-0.4, -0.2) is 30.4 Å². The molecule has 1 aromatic rings. The summed E-state index contributed by atoms with van der Waals surface area (Å²) in [7, 11) is 0. The van der Waals surface area contributed by atoms with Gasteiger partial charge in [0, 0.05) is 13.1 Å². The predicted octanol–water partition coefficient (Wildman–Crippen LogP) is 2.08. The smallest absolute Gasteiger partial charge is 0.229 e. The molecule has 2 heterocycles. The highest BCUT2D eigenvalue weighted by Gasteiger charge is 2.46. The second-order valence-electron chi connectivity index (χ2n) is 5.82. The molecule has 2 fully saturated rings. The van der Waals surface area contributed by atoms with Gasteiger partial charge in [0.15, 0.2) is 0 Å². The maximum Gasteiger partial charge on any atom is 0.229 e. The van der Waals surface area contributed by atoms with Gasteiger partial charge in [-0.1, -0.05) is 12.1 Å². The molecule has 1 N–H and O–H groups in total. The minimum absolute atomic E-state index is 0. The highest BCUT2D eigenvalue weighted by molar-refractivity contribution is 5.85. The number of benzene rings is 1. The molecule has 2 aliphatic rings. The number of nitrogens with zero attached hydrogens (tertiary/aromatic N) is 2. The van der Waals surface area contributed by atoms with E-state index < -0.39 is 0 Å². The predicted molar refractivity (Wildman–Crippen MR) is 83.0 cm³/mol. The Bertz CT molecular complexity index is 561. The summed E-state index contributed by atoms with van der Waals surface area (Å²) in [6.45, 7) is 3.37. The first-order chi connectivity index (χ1) is 9.73. The average Bonchev–Trinajstić information content (AvgIpc) is 2.78. The van der Waals surface area contributed by atoms with Gasteiger partial charge < -0.3 is 10.2 Å². The molecule has 0 unspecified atom stereocenters. The van der Waals surface area contributed by atoms with E-state index >= 15 is 0 Å². The van der Waals surface area contributed by atoms with Gasteiger partial charge in [-0.3, -0.25) is 4.79 Å². The minimum Gasteiger partial charge on any atom is -0.338 e. The lowest BCUT2D eigenvalue weighted by Crippen LogP contribution is -2.42. The van der Waals surface area contributed by atoms with E-state index in [1.54, 1.807) is 6.07 Å². The topological polar surface area (TPSA) is 56.1 Å². The Labute approximate surface area is 131 Å². The second kappa shape index (κ2) is 6.46. The van der Waals surface area contributed by atoms with Gasteiger partial charge in [-0.05, 0) is 50.0 Å². The summed E-state index contributed by atoms with van der Waals surface area (Å²) in [4.78, 5) is 14.6. The first-order valence-electron chi connectivity index (χ1n) is 7.23. The van der Waals surface area contributed by atoms with Crippen molar-refractivity contribution in [3.63, 3.8) is 0 Å². The van der Waals surface area contributed by atoms with Crippen LogP contribution in [0.25, 0.3) is 0 Å². The Morgan fingerprint density at radius 1 is 1.29 bits per heavy atom. The summed E-state index contributed by atoms with van der Waals surface area (Å²) < 4.78 is 0. The summed E-state index contributed by atoms with van der Waals surface area (Å²) in [5.41, 5.74) is 1.59. The lowest BCUT2D eigenvalue weighted by Gasteiger charge is -2.32. The van der Waals surface area contributed by atoms with Crippen molar-refractivity contribution >= 4 is 18.3 Å². The average molecular weight is 306 g/mol. The molecule has 0 bridgehead atoms. The maximum atomic E-state index is 12.7. The second-order valence-corrected chi connectivity index (χ2v) is 5.82. The fourth-order valence-electron chi connectivity index (χ4n) is 3.37. The maximum absolute atomic E-state index is 12.7. The van der Waals surface area contributed by atoms with Gasteiger partial charge in [-0.2, -0.15) is 5.26 Å². The molecule has 0 saturated carbocycles. The molecular weight excluding hydrogens is 286 g/mol. The first kappa shape index (κ1) is 15.8. The molecule has 3 rings (SSSR count). The number of likely N-dealkylation sites (tertiary alicyclic amines) is 1. The molecule has 1 amide bonds. The van der Waals surface area contributed by atoms with Crippen molar-refractivity contribution in [2.45, 2.75) is 25.8 Å². The fourth-order valence-corrected chi connectivity index (χ4v) is 3.37. The number of rotatable bonds is 2. The minimum atomic E-state index is -0.113. The number of amides is 1. The zero-order valence-corrected chi connectivity index (χ0v) is 12.8. The van der Waals surface area contributed by atoms with Crippen LogP contribution in [-0.2, 0) is 11.3 Å². The lowest BCUT2D eigenvalue weighted by atomic mass is 9.78. The van der Waals surface area contributed by atoms with Crippen LogP contribution in [0.1, 0.15) is 30.4 Å². The highest BCUT2D eigenvalue weighted by Crippen LogP contribution is 2.40. The summed E-state index contributed by atoms with van der Waals surface area (Å²) >= 11 is 0. The van der Waals surface area contributed by atoms with E-state index in [2.05, 4.69) is 11.4 Å². The van der Waals surface area contributed by atoms with Gasteiger partial charge in [0.2, 0.25) is 5.91 Å². The van der Waals surface area contributed by atoms with Gasteiger partial charge >= 0.3 is 0 Å². The van der Waals surface area contributed by atoms with E-state index in [9.17, 15) is 4.79 Å². The quantitative estimate of drug-likeness (QED) is 0.910. The van der Waals surface area contributed by atoms with Crippen LogP contribution >= 0.6 is 12.4 Å². The van der Waals surface area contributed by atoms with Crippen LogP contribution in [0.15, 0.2) is 24.3 Å². The third-order valence-electron chi connectivity index (χ3n) is 4.59. The van der Waals surface area contributed by atoms with Crippen molar-refractivity contribution in [1.29, 1.82) is 5.26 Å². The third-order valence-corrected chi connectivity index (χ3v) is 4.59. The number of carbonyl (C=O) groups is 1. The number of piperidine rings is 1. The Hall–Kier alpha value is -1.57. The van der Waals surface area contributed by atoms with Gasteiger partial charge in [-0.15, -0.1) is 12.4 Å². The summed E-state index contributed by atoms with van der Waals surface area (Å²) in [6, 6.07) is 9.69. The monoisotopic (exact) mass is 305 g/mol. The zero-order chi connectivity index (χ0) is 14.0. The van der Waals surface area contributed by atoms with E-state index in [-0.39, 0.29) is 17.8 Å². The molecule has 5 heteroatoms. The lowest BCUT2D eigenvalue weighted by molar-refractivity contribution is -0.137. The normalized spacial score (nSPS) is 20.1. The van der Waals surface area contributed by atoms with Crippen molar-refractivity contribution in [1.82, 2.24) is 10.2 Å². The van der Waals surface area contributed by atoms with Gasteiger partial charge in [0.1, 0.15) is 0 Å². The van der Waals surface area contributed by atoms with Crippen LogP contribution < -0.4 is 5.32 Å². The van der Waals surface area contributed by atoms with Gasteiger partial charge in [0.25, 0.3) is 0 Å². The number of hydrogen-bond donors (Lipinski definition) is 1. The Morgan fingerprint density at radius 3 is 2.76 bits per heavy atom. The van der Waals surface area contributed by atoms with Crippen molar-refractivity contribution in [2.75, 3.05) is 19.6 Å². The highest BCUT2D eigenvalue weighted by atomic mass is 35.5. The van der Waals surface area contributed by atoms with E-state index in [1.165, 1.54) is 0 Å². The molecule has 0 radical (unpaired) electrons. The third kappa shape index (κ3) is 3.04. The van der Waals surface area contributed by atoms with Crippen molar-refractivity contribution in [3.8, 4) is 6.07 Å². The number of nitriles is 1. The van der Waals surface area contributed by atoms with E-state index in [0.717, 1.165) is 44.5 Å². The van der Waals surface area contributed by atoms with Crippen LogP contribution in [0, 0.1) is 16.7 Å². The van der Waals surface area contributed by atoms with E-state index in [4.69, 9.17) is 5.26 Å². The van der Waals surface area contributed by atoms with Crippen LogP contribution in [0.3, 0.4) is 0 Å². The van der Waals surface area contributed by atoms with E-state index in [1.807, 2.05) is 23.1 Å².